The van der Waals surface area contributed by atoms with Gasteiger partial charge in [0.15, 0.2) is 5.82 Å². The van der Waals surface area contributed by atoms with Crippen molar-refractivity contribution in [1.82, 2.24) is 14.7 Å². The van der Waals surface area contributed by atoms with E-state index in [2.05, 4.69) is 10.4 Å². The van der Waals surface area contributed by atoms with Gasteiger partial charge in [-0.1, -0.05) is 23.7 Å². The van der Waals surface area contributed by atoms with Crippen LogP contribution in [0.4, 0.5) is 5.82 Å². The molecule has 3 heterocycles. The molecule has 0 bridgehead atoms. The minimum Gasteiger partial charge on any atom is -0.338 e. The fraction of sp³-hybridized carbons (Fsp3) is 0.421. The molecule has 0 saturated carbocycles. The number of anilines is 1. The lowest BCUT2D eigenvalue weighted by Gasteiger charge is -2.38. The van der Waals surface area contributed by atoms with E-state index in [1.807, 2.05) is 28.9 Å². The smallest absolute Gasteiger partial charge is 0.231 e. The summed E-state index contributed by atoms with van der Waals surface area (Å²) in [6.07, 6.45) is 2.97. The number of carbonyl (C=O) groups is 2. The summed E-state index contributed by atoms with van der Waals surface area (Å²) in [7, 11) is 1.75. The number of aromatic nitrogens is 2. The zero-order valence-corrected chi connectivity index (χ0v) is 15.4. The monoisotopic (exact) mass is 372 g/mol. The Labute approximate surface area is 157 Å². The van der Waals surface area contributed by atoms with Crippen molar-refractivity contribution in [3.05, 3.63) is 46.6 Å². The molecular formula is C19H21ClN4O2. The number of halogens is 1. The third-order valence-electron chi connectivity index (χ3n) is 5.31. The molecule has 1 aromatic carbocycles. The molecule has 0 aliphatic carbocycles. The summed E-state index contributed by atoms with van der Waals surface area (Å²) in [6.45, 7) is 0.900. The average molecular weight is 373 g/mol. The van der Waals surface area contributed by atoms with E-state index in [9.17, 15) is 9.59 Å². The molecule has 1 N–H and O–H groups in total. The van der Waals surface area contributed by atoms with Gasteiger partial charge >= 0.3 is 0 Å². The summed E-state index contributed by atoms with van der Waals surface area (Å²) >= 11 is 6.13. The predicted octanol–water partition coefficient (Wildman–Crippen LogP) is 3.03. The van der Waals surface area contributed by atoms with Gasteiger partial charge in [-0.05, 0) is 37.0 Å². The lowest BCUT2D eigenvalue weighted by molar-refractivity contribution is -0.140. The number of hydrogen-bond acceptors (Lipinski definition) is 3. The topological polar surface area (TPSA) is 67.2 Å². The van der Waals surface area contributed by atoms with E-state index in [-0.39, 0.29) is 23.8 Å². The van der Waals surface area contributed by atoms with Crippen molar-refractivity contribution in [3.63, 3.8) is 0 Å². The van der Waals surface area contributed by atoms with Crippen molar-refractivity contribution in [3.8, 4) is 0 Å². The van der Waals surface area contributed by atoms with E-state index >= 15 is 0 Å². The first-order chi connectivity index (χ1) is 12.5. The molecule has 2 aromatic rings. The first kappa shape index (κ1) is 17.1. The van der Waals surface area contributed by atoms with Crippen LogP contribution in [0.1, 0.15) is 36.6 Å². The third-order valence-corrected chi connectivity index (χ3v) is 5.54. The maximum atomic E-state index is 13.0. The number of hydrogen-bond donors (Lipinski definition) is 1. The van der Waals surface area contributed by atoms with Crippen LogP contribution in [-0.4, -0.2) is 33.5 Å². The molecule has 26 heavy (non-hydrogen) atoms. The molecule has 1 aromatic heterocycles. The van der Waals surface area contributed by atoms with Crippen molar-refractivity contribution < 1.29 is 9.59 Å². The number of aryl methyl sites for hydroxylation is 2. The maximum Gasteiger partial charge on any atom is 0.231 e. The minimum absolute atomic E-state index is 0.0417. The van der Waals surface area contributed by atoms with Crippen LogP contribution in [0.5, 0.6) is 0 Å². The van der Waals surface area contributed by atoms with Gasteiger partial charge < -0.3 is 10.2 Å². The normalized spacial score (nSPS) is 22.4. The van der Waals surface area contributed by atoms with E-state index in [0.29, 0.717) is 23.7 Å². The molecule has 7 heteroatoms. The highest BCUT2D eigenvalue weighted by molar-refractivity contribution is 6.30. The summed E-state index contributed by atoms with van der Waals surface area (Å²) in [6, 6.07) is 8.99. The molecule has 136 valence electrons. The van der Waals surface area contributed by atoms with Crippen LogP contribution >= 0.6 is 11.6 Å². The van der Waals surface area contributed by atoms with Gasteiger partial charge in [0.25, 0.3) is 0 Å². The van der Waals surface area contributed by atoms with Gasteiger partial charge in [0.1, 0.15) is 0 Å². The van der Waals surface area contributed by atoms with Crippen molar-refractivity contribution in [2.24, 2.45) is 5.92 Å². The highest BCUT2D eigenvalue weighted by atomic mass is 35.5. The van der Waals surface area contributed by atoms with E-state index < -0.39 is 0 Å². The average Bonchev–Trinajstić information content (AvgIpc) is 3.18. The standard InChI is InChI=1S/C19H21ClN4O2/c1-23-17(25)8-7-15(18(23)12-4-2-5-13(20)10-12)19(26)21-16-11-14-6-3-9-24(14)22-16/h2,4-5,10-11,15,18H,3,6-9H2,1H3,(H,21,22,26). The highest BCUT2D eigenvalue weighted by Crippen LogP contribution is 2.37. The second-order valence-corrected chi connectivity index (χ2v) is 7.42. The quantitative estimate of drug-likeness (QED) is 0.900. The summed E-state index contributed by atoms with van der Waals surface area (Å²) < 4.78 is 1.95. The SMILES string of the molecule is CN1C(=O)CCC(C(=O)Nc2cc3n(n2)CCC3)C1c1cccc(Cl)c1. The molecule has 2 aliphatic heterocycles. The Balaban J connectivity index is 1.59. The van der Waals surface area contributed by atoms with Gasteiger partial charge in [-0.3, -0.25) is 14.3 Å². The van der Waals surface area contributed by atoms with Gasteiger partial charge in [0.2, 0.25) is 11.8 Å². The highest BCUT2D eigenvalue weighted by Gasteiger charge is 2.39. The zero-order valence-electron chi connectivity index (χ0n) is 14.6. The van der Waals surface area contributed by atoms with Gasteiger partial charge in [-0.2, -0.15) is 5.10 Å². The van der Waals surface area contributed by atoms with Crippen molar-refractivity contribution >= 4 is 29.2 Å². The number of piperidine rings is 1. The molecule has 1 fully saturated rings. The molecule has 2 unspecified atom stereocenters. The predicted molar refractivity (Wildman–Crippen MR) is 98.9 cm³/mol. The Hall–Kier alpha value is -2.34. The van der Waals surface area contributed by atoms with E-state index in [4.69, 9.17) is 11.6 Å². The summed E-state index contributed by atoms with van der Waals surface area (Å²) in [4.78, 5) is 26.9. The molecule has 0 spiro atoms. The Kier molecular flexibility index (Phi) is 4.44. The van der Waals surface area contributed by atoms with Crippen LogP contribution in [-0.2, 0) is 22.6 Å². The van der Waals surface area contributed by atoms with Gasteiger partial charge in [-0.25, -0.2) is 0 Å². The Morgan fingerprint density at radius 1 is 1.31 bits per heavy atom. The lowest BCUT2D eigenvalue weighted by Crippen LogP contribution is -2.44. The van der Waals surface area contributed by atoms with Gasteiger partial charge in [0.05, 0.1) is 12.0 Å². The van der Waals surface area contributed by atoms with Crippen LogP contribution in [0.25, 0.3) is 0 Å². The minimum atomic E-state index is -0.340. The number of rotatable bonds is 3. The van der Waals surface area contributed by atoms with Crippen LogP contribution < -0.4 is 5.32 Å². The van der Waals surface area contributed by atoms with Gasteiger partial charge in [0, 0.05) is 36.8 Å². The maximum absolute atomic E-state index is 13.0. The van der Waals surface area contributed by atoms with Crippen LogP contribution in [0.3, 0.4) is 0 Å². The second kappa shape index (κ2) is 6.76. The fourth-order valence-corrected chi connectivity index (χ4v) is 4.20. The van der Waals surface area contributed by atoms with Crippen LogP contribution in [0, 0.1) is 5.92 Å². The second-order valence-electron chi connectivity index (χ2n) is 6.99. The summed E-state index contributed by atoms with van der Waals surface area (Å²) in [5.74, 6) is 0.188. The first-order valence-electron chi connectivity index (χ1n) is 8.91. The number of benzene rings is 1. The zero-order chi connectivity index (χ0) is 18.3. The van der Waals surface area contributed by atoms with Crippen LogP contribution in [0.15, 0.2) is 30.3 Å². The number of nitrogens with zero attached hydrogens (tertiary/aromatic N) is 3. The largest absolute Gasteiger partial charge is 0.338 e. The Bertz CT molecular complexity index is 841. The van der Waals surface area contributed by atoms with Crippen molar-refractivity contribution in [2.45, 2.75) is 38.3 Å². The third kappa shape index (κ3) is 3.09. The molecule has 4 rings (SSSR count). The molecule has 2 atom stereocenters. The fourth-order valence-electron chi connectivity index (χ4n) is 4.00. The van der Waals surface area contributed by atoms with E-state index in [1.165, 1.54) is 0 Å². The molecular weight excluding hydrogens is 352 g/mol. The summed E-state index contributed by atoms with van der Waals surface area (Å²) in [5.41, 5.74) is 2.03. The number of carbonyl (C=O) groups excluding carboxylic acids is 2. The molecule has 6 nitrogen and oxygen atoms in total. The number of likely N-dealkylation sites (tertiary alicyclic amines) is 1. The Morgan fingerprint density at radius 2 is 2.15 bits per heavy atom. The number of amides is 2. The molecule has 2 amide bonds. The molecule has 2 aliphatic rings. The lowest BCUT2D eigenvalue weighted by atomic mass is 9.84. The number of nitrogens with one attached hydrogen (secondary N) is 1. The van der Waals surface area contributed by atoms with Crippen LogP contribution in [0.2, 0.25) is 5.02 Å². The van der Waals surface area contributed by atoms with Crippen molar-refractivity contribution in [2.75, 3.05) is 12.4 Å². The van der Waals surface area contributed by atoms with E-state index in [1.54, 1.807) is 18.0 Å². The van der Waals surface area contributed by atoms with E-state index in [0.717, 1.165) is 30.6 Å². The molecule has 1 saturated heterocycles. The first-order valence-corrected chi connectivity index (χ1v) is 9.29. The number of fused-ring (bicyclic) bond motifs is 1. The Morgan fingerprint density at radius 3 is 2.92 bits per heavy atom. The summed E-state index contributed by atoms with van der Waals surface area (Å²) in [5, 5.41) is 8.00. The van der Waals surface area contributed by atoms with Crippen molar-refractivity contribution in [1.29, 1.82) is 0 Å². The van der Waals surface area contributed by atoms with Gasteiger partial charge in [-0.15, -0.1) is 0 Å². The molecule has 0 radical (unpaired) electrons.